The first-order valence-corrected chi connectivity index (χ1v) is 8.16. The number of carbonyl (C=O) groups is 1. The Morgan fingerprint density at radius 3 is 2.35 bits per heavy atom. The lowest BCUT2D eigenvalue weighted by atomic mass is 10.2. The topological polar surface area (TPSA) is 63.7 Å². The van der Waals surface area contributed by atoms with Crippen molar-refractivity contribution in [3.63, 3.8) is 0 Å². The molecule has 0 aliphatic carbocycles. The fraction of sp³-hybridized carbons (Fsp3) is 0.500. The van der Waals surface area contributed by atoms with Gasteiger partial charge in [-0.1, -0.05) is 32.0 Å². The highest BCUT2D eigenvalue weighted by Crippen LogP contribution is 2.15. The molecule has 0 heterocycles. The van der Waals surface area contributed by atoms with Crippen molar-refractivity contribution in [2.75, 3.05) is 23.8 Å². The summed E-state index contributed by atoms with van der Waals surface area (Å²) in [5.74, 6) is -0.237. The van der Waals surface area contributed by atoms with E-state index in [9.17, 15) is 13.2 Å². The maximum absolute atomic E-state index is 12.2. The highest BCUT2D eigenvalue weighted by molar-refractivity contribution is 7.86. The van der Waals surface area contributed by atoms with Gasteiger partial charge >= 0.3 is 0 Å². The molecule has 1 aromatic carbocycles. The number of carbonyl (C=O) groups excluding carboxylic acids is 1. The molecule has 0 bridgehead atoms. The summed E-state index contributed by atoms with van der Waals surface area (Å²) in [6.07, 6.45) is 0. The van der Waals surface area contributed by atoms with Crippen LogP contribution in [-0.4, -0.2) is 33.2 Å². The molecule has 5 nitrogen and oxygen atoms in total. The van der Waals surface area contributed by atoms with E-state index in [1.54, 1.807) is 4.90 Å². The largest absolute Gasteiger partial charge is 0.310 e. The number of hydrogen-bond donors (Lipinski definition) is 0. The number of para-hydroxylation sites is 1. The Morgan fingerprint density at radius 1 is 1.25 bits per heavy atom. The van der Waals surface area contributed by atoms with Gasteiger partial charge in [0.15, 0.2) is 0 Å². The van der Waals surface area contributed by atoms with Crippen molar-refractivity contribution in [1.29, 1.82) is 0 Å². The standard InChI is InChI=1S/C14H21NO4S/c1-4-20(17,18)19-11-14(16)15(10-12(2)3)13-8-6-5-7-9-13/h5-9,12H,4,10-11H2,1-3H3. The molecule has 0 atom stereocenters. The summed E-state index contributed by atoms with van der Waals surface area (Å²) in [6.45, 7) is 5.51. The molecule has 0 fully saturated rings. The summed E-state index contributed by atoms with van der Waals surface area (Å²) in [5, 5.41) is 0. The van der Waals surface area contributed by atoms with Gasteiger partial charge in [0.2, 0.25) is 0 Å². The maximum Gasteiger partial charge on any atom is 0.267 e. The summed E-state index contributed by atoms with van der Waals surface area (Å²) in [6, 6.07) is 9.15. The van der Waals surface area contributed by atoms with E-state index in [4.69, 9.17) is 4.18 Å². The van der Waals surface area contributed by atoms with Crippen LogP contribution in [0.3, 0.4) is 0 Å². The second-order valence-corrected chi connectivity index (χ2v) is 6.77. The Balaban J connectivity index is 2.81. The predicted octanol–water partition coefficient (Wildman–Crippen LogP) is 2.04. The van der Waals surface area contributed by atoms with Gasteiger partial charge in [-0.3, -0.25) is 8.98 Å². The summed E-state index contributed by atoms with van der Waals surface area (Å²) >= 11 is 0. The third-order valence-electron chi connectivity index (χ3n) is 2.63. The van der Waals surface area contributed by atoms with Gasteiger partial charge in [0.1, 0.15) is 6.61 Å². The van der Waals surface area contributed by atoms with Crippen LogP contribution in [0.5, 0.6) is 0 Å². The lowest BCUT2D eigenvalue weighted by Crippen LogP contribution is -2.37. The zero-order chi connectivity index (χ0) is 15.2. The number of anilines is 1. The van der Waals surface area contributed by atoms with E-state index in [1.807, 2.05) is 44.2 Å². The summed E-state index contributed by atoms with van der Waals surface area (Å²) in [4.78, 5) is 13.7. The molecule has 0 saturated heterocycles. The Bertz CT molecular complexity index is 525. The molecular weight excluding hydrogens is 278 g/mol. The summed E-state index contributed by atoms with van der Waals surface area (Å²) in [5.41, 5.74) is 0.740. The van der Waals surface area contributed by atoms with Gasteiger partial charge in [0.25, 0.3) is 16.0 Å². The quantitative estimate of drug-likeness (QED) is 0.723. The molecule has 112 valence electrons. The van der Waals surface area contributed by atoms with Gasteiger partial charge in [-0.05, 0) is 25.0 Å². The molecular formula is C14H21NO4S. The van der Waals surface area contributed by atoms with E-state index in [0.29, 0.717) is 6.54 Å². The average Bonchev–Trinajstić information content (AvgIpc) is 2.43. The molecule has 0 spiro atoms. The molecule has 0 unspecified atom stereocenters. The van der Waals surface area contributed by atoms with Crippen LogP contribution in [0.25, 0.3) is 0 Å². The van der Waals surface area contributed by atoms with E-state index in [2.05, 4.69) is 0 Å². The third kappa shape index (κ3) is 5.30. The van der Waals surface area contributed by atoms with Crippen molar-refractivity contribution >= 4 is 21.7 Å². The second-order valence-electron chi connectivity index (χ2n) is 4.84. The monoisotopic (exact) mass is 299 g/mol. The van der Waals surface area contributed by atoms with Crippen molar-refractivity contribution in [2.45, 2.75) is 20.8 Å². The summed E-state index contributed by atoms with van der Waals surface area (Å²) < 4.78 is 27.3. The SMILES string of the molecule is CCS(=O)(=O)OCC(=O)N(CC(C)C)c1ccccc1. The van der Waals surface area contributed by atoms with Crippen molar-refractivity contribution in [3.05, 3.63) is 30.3 Å². The van der Waals surface area contributed by atoms with Crippen LogP contribution in [0.1, 0.15) is 20.8 Å². The van der Waals surface area contributed by atoms with Crippen molar-refractivity contribution in [2.24, 2.45) is 5.92 Å². The zero-order valence-corrected chi connectivity index (χ0v) is 12.9. The van der Waals surface area contributed by atoms with E-state index in [0.717, 1.165) is 5.69 Å². The van der Waals surface area contributed by atoms with E-state index >= 15 is 0 Å². The van der Waals surface area contributed by atoms with Crippen molar-refractivity contribution in [1.82, 2.24) is 0 Å². The van der Waals surface area contributed by atoms with Crippen molar-refractivity contribution < 1.29 is 17.4 Å². The highest BCUT2D eigenvalue weighted by Gasteiger charge is 2.19. The first kappa shape index (κ1) is 16.7. The Morgan fingerprint density at radius 2 is 1.85 bits per heavy atom. The fourth-order valence-corrected chi connectivity index (χ4v) is 2.07. The minimum absolute atomic E-state index is 0.143. The number of benzene rings is 1. The number of rotatable bonds is 7. The van der Waals surface area contributed by atoms with Gasteiger partial charge in [0, 0.05) is 12.2 Å². The molecule has 0 aliphatic rings. The lowest BCUT2D eigenvalue weighted by Gasteiger charge is -2.24. The number of nitrogens with zero attached hydrogens (tertiary/aromatic N) is 1. The molecule has 0 radical (unpaired) electrons. The average molecular weight is 299 g/mol. The minimum atomic E-state index is -3.61. The smallest absolute Gasteiger partial charge is 0.267 e. The van der Waals surface area contributed by atoms with Gasteiger partial charge in [-0.15, -0.1) is 0 Å². The first-order valence-electron chi connectivity index (χ1n) is 6.58. The molecule has 0 saturated carbocycles. The predicted molar refractivity (Wildman–Crippen MR) is 79.0 cm³/mol. The second kappa shape index (κ2) is 7.40. The van der Waals surface area contributed by atoms with Gasteiger partial charge in [-0.25, -0.2) is 0 Å². The lowest BCUT2D eigenvalue weighted by molar-refractivity contribution is -0.120. The third-order valence-corrected chi connectivity index (χ3v) is 3.82. The Hall–Kier alpha value is -1.40. The Labute approximate surface area is 120 Å². The molecule has 0 aliphatic heterocycles. The van der Waals surface area contributed by atoms with Crippen LogP contribution in [-0.2, 0) is 19.1 Å². The van der Waals surface area contributed by atoms with E-state index < -0.39 is 16.7 Å². The highest BCUT2D eigenvalue weighted by atomic mass is 32.2. The van der Waals surface area contributed by atoms with E-state index in [1.165, 1.54) is 6.92 Å². The van der Waals surface area contributed by atoms with Crippen LogP contribution in [0.4, 0.5) is 5.69 Å². The molecule has 6 heteroatoms. The van der Waals surface area contributed by atoms with Crippen LogP contribution < -0.4 is 4.90 Å². The van der Waals surface area contributed by atoms with Crippen LogP contribution in [0, 0.1) is 5.92 Å². The molecule has 1 amide bonds. The zero-order valence-electron chi connectivity index (χ0n) is 12.1. The van der Waals surface area contributed by atoms with Crippen LogP contribution in [0.2, 0.25) is 0 Å². The van der Waals surface area contributed by atoms with Gasteiger partial charge < -0.3 is 4.90 Å². The van der Waals surface area contributed by atoms with Gasteiger partial charge in [0.05, 0.1) is 5.75 Å². The Kier molecular flexibility index (Phi) is 6.16. The summed E-state index contributed by atoms with van der Waals surface area (Å²) in [7, 11) is -3.61. The molecule has 1 rings (SSSR count). The molecule has 1 aromatic rings. The molecule has 0 aromatic heterocycles. The van der Waals surface area contributed by atoms with Crippen LogP contribution >= 0.6 is 0 Å². The van der Waals surface area contributed by atoms with Gasteiger partial charge in [-0.2, -0.15) is 8.42 Å². The number of hydrogen-bond acceptors (Lipinski definition) is 4. The van der Waals surface area contributed by atoms with Crippen molar-refractivity contribution in [3.8, 4) is 0 Å². The minimum Gasteiger partial charge on any atom is -0.310 e. The fourth-order valence-electron chi connectivity index (χ4n) is 1.63. The van der Waals surface area contributed by atoms with Crippen LogP contribution in [0.15, 0.2) is 30.3 Å². The normalized spacial score (nSPS) is 11.6. The van der Waals surface area contributed by atoms with E-state index in [-0.39, 0.29) is 17.6 Å². The maximum atomic E-state index is 12.2. The molecule has 20 heavy (non-hydrogen) atoms. The molecule has 0 N–H and O–H groups in total. The first-order chi connectivity index (χ1) is 9.35. The number of amides is 1.